The first-order chi connectivity index (χ1) is 7.41. The highest BCUT2D eigenvalue weighted by Crippen LogP contribution is 2.27. The van der Waals surface area contributed by atoms with Crippen LogP contribution in [-0.4, -0.2) is 13.0 Å². The van der Waals surface area contributed by atoms with Crippen LogP contribution in [0.5, 0.6) is 5.75 Å². The van der Waals surface area contributed by atoms with E-state index in [-0.39, 0.29) is 6.04 Å². The van der Waals surface area contributed by atoms with Gasteiger partial charge in [0.1, 0.15) is 12.4 Å². The lowest BCUT2D eigenvalue weighted by Crippen LogP contribution is -2.10. The number of hydrogen-bond acceptors (Lipinski definition) is 2. The number of ether oxygens (including phenoxy) is 1. The second-order valence-electron chi connectivity index (χ2n) is 3.97. The van der Waals surface area contributed by atoms with Crippen molar-refractivity contribution in [2.45, 2.75) is 33.2 Å². The molecule has 1 aromatic carbocycles. The highest BCUT2D eigenvalue weighted by Gasteiger charge is 2.11. The second-order valence-corrected chi connectivity index (χ2v) is 3.97. The Balaban J connectivity index is 2.94. The van der Waals surface area contributed by atoms with Crippen LogP contribution < -0.4 is 10.5 Å². The van der Waals surface area contributed by atoms with Crippen LogP contribution in [0.4, 0.5) is 8.78 Å². The Kier molecular flexibility index (Phi) is 4.24. The molecule has 0 aliphatic carbocycles. The van der Waals surface area contributed by atoms with Crippen molar-refractivity contribution in [3.8, 4) is 5.75 Å². The van der Waals surface area contributed by atoms with E-state index in [9.17, 15) is 8.78 Å². The van der Waals surface area contributed by atoms with Crippen molar-refractivity contribution in [2.75, 3.05) is 6.61 Å². The predicted octanol–water partition coefficient (Wildman–Crippen LogP) is 2.97. The van der Waals surface area contributed by atoms with Gasteiger partial charge >= 0.3 is 0 Å². The van der Waals surface area contributed by atoms with Crippen molar-refractivity contribution in [3.05, 3.63) is 28.8 Å². The minimum Gasteiger partial charge on any atom is -0.487 e. The van der Waals surface area contributed by atoms with Gasteiger partial charge in [0.15, 0.2) is 0 Å². The number of rotatable bonds is 4. The number of aryl methyl sites for hydroxylation is 2. The molecule has 16 heavy (non-hydrogen) atoms. The van der Waals surface area contributed by atoms with Crippen LogP contribution in [0, 0.1) is 13.8 Å². The van der Waals surface area contributed by atoms with Gasteiger partial charge in [-0.2, -0.15) is 0 Å². The zero-order valence-corrected chi connectivity index (χ0v) is 9.76. The summed E-state index contributed by atoms with van der Waals surface area (Å²) in [6.07, 6.45) is -2.45. The fraction of sp³-hybridized carbons (Fsp3) is 0.500. The van der Waals surface area contributed by atoms with Crippen molar-refractivity contribution in [1.29, 1.82) is 0 Å². The summed E-state index contributed by atoms with van der Waals surface area (Å²) in [5.74, 6) is 0.532. The fourth-order valence-electron chi connectivity index (χ4n) is 1.62. The van der Waals surface area contributed by atoms with E-state index in [0.29, 0.717) is 5.75 Å². The van der Waals surface area contributed by atoms with Crippen molar-refractivity contribution in [2.24, 2.45) is 5.73 Å². The highest BCUT2D eigenvalue weighted by atomic mass is 19.3. The Morgan fingerprint density at radius 1 is 1.25 bits per heavy atom. The van der Waals surface area contributed by atoms with E-state index in [4.69, 9.17) is 10.5 Å². The maximum atomic E-state index is 12.0. The Morgan fingerprint density at radius 2 is 1.75 bits per heavy atom. The van der Waals surface area contributed by atoms with Gasteiger partial charge in [-0.25, -0.2) is 8.78 Å². The topological polar surface area (TPSA) is 35.2 Å². The van der Waals surface area contributed by atoms with Crippen molar-refractivity contribution >= 4 is 0 Å². The lowest BCUT2D eigenvalue weighted by atomic mass is 10.0. The molecule has 0 aliphatic heterocycles. The van der Waals surface area contributed by atoms with Gasteiger partial charge in [-0.05, 0) is 37.5 Å². The molecule has 1 aromatic rings. The summed E-state index contributed by atoms with van der Waals surface area (Å²) in [5, 5.41) is 0. The van der Waals surface area contributed by atoms with Crippen LogP contribution in [0.1, 0.15) is 29.7 Å². The third-order valence-corrected chi connectivity index (χ3v) is 2.36. The average Bonchev–Trinajstić information content (AvgIpc) is 2.15. The van der Waals surface area contributed by atoms with Crippen LogP contribution in [0.15, 0.2) is 12.1 Å². The van der Waals surface area contributed by atoms with Gasteiger partial charge in [0.05, 0.1) is 0 Å². The zero-order valence-electron chi connectivity index (χ0n) is 9.76. The third kappa shape index (κ3) is 3.17. The molecular weight excluding hydrogens is 212 g/mol. The number of benzene rings is 1. The van der Waals surface area contributed by atoms with Crippen molar-refractivity contribution in [3.63, 3.8) is 0 Å². The van der Waals surface area contributed by atoms with E-state index in [1.807, 2.05) is 32.9 Å². The number of hydrogen-bond donors (Lipinski definition) is 1. The summed E-state index contributed by atoms with van der Waals surface area (Å²) in [5.41, 5.74) is 8.43. The molecule has 1 atom stereocenters. The lowest BCUT2D eigenvalue weighted by Gasteiger charge is -2.15. The summed E-state index contributed by atoms with van der Waals surface area (Å²) >= 11 is 0. The molecule has 2 N–H and O–H groups in total. The molecule has 2 nitrogen and oxygen atoms in total. The smallest absolute Gasteiger partial charge is 0.272 e. The van der Waals surface area contributed by atoms with Crippen molar-refractivity contribution in [1.82, 2.24) is 0 Å². The first-order valence-corrected chi connectivity index (χ1v) is 5.19. The standard InChI is InChI=1S/C12H17F2NO/c1-7-4-10(9(3)15)5-8(2)12(7)16-6-11(13)14/h4-5,9,11H,6,15H2,1-3H3. The number of nitrogens with two attached hydrogens (primary N) is 1. The minimum atomic E-state index is -2.45. The molecule has 0 aliphatic rings. The molecule has 0 amide bonds. The molecular formula is C12H17F2NO. The normalized spacial score (nSPS) is 12.9. The van der Waals surface area contributed by atoms with Crippen LogP contribution in [0.2, 0.25) is 0 Å². The van der Waals surface area contributed by atoms with Gasteiger partial charge in [0.2, 0.25) is 0 Å². The maximum Gasteiger partial charge on any atom is 0.272 e. The first-order valence-electron chi connectivity index (χ1n) is 5.19. The van der Waals surface area contributed by atoms with E-state index in [2.05, 4.69) is 0 Å². The zero-order chi connectivity index (χ0) is 12.3. The minimum absolute atomic E-state index is 0.0680. The SMILES string of the molecule is Cc1cc(C(C)N)cc(C)c1OCC(F)F. The molecule has 0 bridgehead atoms. The number of alkyl halides is 2. The molecule has 0 saturated carbocycles. The molecule has 1 rings (SSSR count). The Hall–Kier alpha value is -1.16. The summed E-state index contributed by atoms with van der Waals surface area (Å²) in [6, 6.07) is 3.68. The van der Waals surface area contributed by atoms with Gasteiger partial charge in [0, 0.05) is 6.04 Å². The van der Waals surface area contributed by atoms with Gasteiger partial charge in [-0.3, -0.25) is 0 Å². The quantitative estimate of drug-likeness (QED) is 0.861. The lowest BCUT2D eigenvalue weighted by molar-refractivity contribution is 0.0812. The monoisotopic (exact) mass is 229 g/mol. The first kappa shape index (κ1) is 12.9. The summed E-state index contributed by atoms with van der Waals surface area (Å²) < 4.78 is 29.2. The molecule has 0 radical (unpaired) electrons. The van der Waals surface area contributed by atoms with E-state index in [1.54, 1.807) is 0 Å². The molecule has 0 aromatic heterocycles. The Labute approximate surface area is 94.4 Å². The molecule has 1 unspecified atom stereocenters. The third-order valence-electron chi connectivity index (χ3n) is 2.36. The second kappa shape index (κ2) is 5.25. The van der Waals surface area contributed by atoms with Gasteiger partial charge < -0.3 is 10.5 Å². The van der Waals surface area contributed by atoms with E-state index in [1.165, 1.54) is 0 Å². The molecule has 90 valence electrons. The summed E-state index contributed by atoms with van der Waals surface area (Å²) in [7, 11) is 0. The molecule has 0 heterocycles. The van der Waals surface area contributed by atoms with Gasteiger partial charge in [0.25, 0.3) is 6.43 Å². The van der Waals surface area contributed by atoms with Crippen LogP contribution in [0.25, 0.3) is 0 Å². The number of halogens is 2. The Bertz CT molecular complexity index is 341. The van der Waals surface area contributed by atoms with Gasteiger partial charge in [-0.15, -0.1) is 0 Å². The molecule has 0 fully saturated rings. The van der Waals surface area contributed by atoms with Crippen LogP contribution >= 0.6 is 0 Å². The molecule has 0 saturated heterocycles. The van der Waals surface area contributed by atoms with E-state index >= 15 is 0 Å². The maximum absolute atomic E-state index is 12.0. The Morgan fingerprint density at radius 3 is 2.12 bits per heavy atom. The van der Waals surface area contributed by atoms with Crippen LogP contribution in [-0.2, 0) is 0 Å². The molecule has 4 heteroatoms. The van der Waals surface area contributed by atoms with E-state index in [0.717, 1.165) is 16.7 Å². The van der Waals surface area contributed by atoms with Crippen molar-refractivity contribution < 1.29 is 13.5 Å². The highest BCUT2D eigenvalue weighted by molar-refractivity contribution is 5.44. The predicted molar refractivity (Wildman–Crippen MR) is 60.0 cm³/mol. The van der Waals surface area contributed by atoms with Gasteiger partial charge in [-0.1, -0.05) is 12.1 Å². The van der Waals surface area contributed by atoms with E-state index < -0.39 is 13.0 Å². The largest absolute Gasteiger partial charge is 0.487 e. The average molecular weight is 229 g/mol. The molecule has 0 spiro atoms. The fourth-order valence-corrected chi connectivity index (χ4v) is 1.62. The van der Waals surface area contributed by atoms with Crippen LogP contribution in [0.3, 0.4) is 0 Å². The summed E-state index contributed by atoms with van der Waals surface area (Å²) in [6.45, 7) is 4.98. The summed E-state index contributed by atoms with van der Waals surface area (Å²) in [4.78, 5) is 0.